The zero-order chi connectivity index (χ0) is 23.8. The summed E-state index contributed by atoms with van der Waals surface area (Å²) in [5.74, 6) is 0.429. The van der Waals surface area contributed by atoms with Crippen molar-refractivity contribution in [1.29, 1.82) is 0 Å². The number of carbonyl (C=O) groups is 2. The van der Waals surface area contributed by atoms with Gasteiger partial charge in [-0.2, -0.15) is 4.52 Å². The number of nitrogens with one attached hydrogen (secondary N) is 1. The van der Waals surface area contributed by atoms with Crippen molar-refractivity contribution >= 4 is 51.3 Å². The Kier molecular flexibility index (Phi) is 5.26. The second kappa shape index (κ2) is 8.72. The van der Waals surface area contributed by atoms with Crippen molar-refractivity contribution in [2.45, 2.75) is 0 Å². The fourth-order valence-electron chi connectivity index (χ4n) is 4.09. The first-order valence-electron chi connectivity index (χ1n) is 11.0. The number of rotatable bonds is 4. The molecule has 5 aromatic rings. The van der Waals surface area contributed by atoms with Gasteiger partial charge in [-0.05, 0) is 46.8 Å². The van der Waals surface area contributed by atoms with Gasteiger partial charge in [-0.15, -0.1) is 16.4 Å². The Hall–Kier alpha value is -4.45. The monoisotopic (exact) mass is 485 g/mol. The summed E-state index contributed by atoms with van der Waals surface area (Å²) in [6, 6.07) is 14.8. The van der Waals surface area contributed by atoms with Crippen LogP contribution < -0.4 is 5.32 Å². The van der Waals surface area contributed by atoms with E-state index in [0.29, 0.717) is 48.1 Å². The van der Waals surface area contributed by atoms with Crippen LogP contribution in [0.25, 0.3) is 16.7 Å². The molecule has 0 bridgehead atoms. The van der Waals surface area contributed by atoms with Gasteiger partial charge < -0.3 is 15.1 Å². The van der Waals surface area contributed by atoms with Gasteiger partial charge in [-0.3, -0.25) is 14.6 Å². The average Bonchev–Trinajstić information content (AvgIpc) is 3.62. The summed E-state index contributed by atoms with van der Waals surface area (Å²) in [5, 5.41) is 15.2. The van der Waals surface area contributed by atoms with E-state index in [1.54, 1.807) is 38.2 Å². The maximum atomic E-state index is 13.0. The Morgan fingerprint density at radius 2 is 1.66 bits per heavy atom. The molecule has 0 atom stereocenters. The number of carbonyl (C=O) groups excluding carboxylic acids is 2. The van der Waals surface area contributed by atoms with Gasteiger partial charge in [0.1, 0.15) is 4.88 Å². The molecule has 0 aliphatic carbocycles. The Labute approximate surface area is 203 Å². The first-order valence-corrected chi connectivity index (χ1v) is 11.9. The van der Waals surface area contributed by atoms with E-state index < -0.39 is 0 Å². The number of hydrogen-bond donors (Lipinski definition) is 1. The van der Waals surface area contributed by atoms with Crippen molar-refractivity contribution in [2.24, 2.45) is 0 Å². The van der Waals surface area contributed by atoms with Crippen LogP contribution in [-0.2, 0) is 0 Å². The minimum atomic E-state index is -0.0608. The number of aromatic nitrogens is 6. The highest BCUT2D eigenvalue weighted by Gasteiger charge is 2.26. The van der Waals surface area contributed by atoms with Gasteiger partial charge >= 0.3 is 0 Å². The van der Waals surface area contributed by atoms with E-state index >= 15 is 0 Å². The first kappa shape index (κ1) is 21.1. The summed E-state index contributed by atoms with van der Waals surface area (Å²) in [5.41, 5.74) is 5.07. The molecule has 0 spiro atoms. The van der Waals surface area contributed by atoms with Crippen molar-refractivity contribution < 1.29 is 9.59 Å². The van der Waals surface area contributed by atoms with Crippen molar-refractivity contribution in [1.82, 2.24) is 39.8 Å². The molecule has 174 valence electrons. The van der Waals surface area contributed by atoms with Crippen molar-refractivity contribution in [3.8, 4) is 0 Å². The van der Waals surface area contributed by atoms with E-state index in [-0.39, 0.29) is 11.8 Å². The molecule has 1 aliphatic heterocycles. The summed E-state index contributed by atoms with van der Waals surface area (Å²) in [7, 11) is 0. The number of para-hydroxylation sites is 2. The van der Waals surface area contributed by atoms with Crippen molar-refractivity contribution in [3.63, 3.8) is 0 Å². The smallest absolute Gasteiger partial charge is 0.265 e. The first-order chi connectivity index (χ1) is 17.2. The van der Waals surface area contributed by atoms with Crippen LogP contribution in [0.3, 0.4) is 0 Å². The van der Waals surface area contributed by atoms with E-state index in [4.69, 9.17) is 0 Å². The number of nitrogens with zero attached hydrogens (tertiary/aromatic N) is 8. The SMILES string of the molecule is O=C(c1ccc(Nc2nc3ccccc3n3nnnc23)cc1)N1CCN(C(=O)c2cncs2)CC1. The molecular weight excluding hydrogens is 466 g/mol. The van der Waals surface area contributed by atoms with Crippen LogP contribution in [0.4, 0.5) is 11.5 Å². The second-order valence-corrected chi connectivity index (χ2v) is 8.90. The minimum absolute atomic E-state index is 0.0330. The van der Waals surface area contributed by atoms with E-state index in [1.165, 1.54) is 11.3 Å². The third-order valence-corrected chi connectivity index (χ3v) is 6.68. The van der Waals surface area contributed by atoms with E-state index in [9.17, 15) is 9.59 Å². The third-order valence-electron chi connectivity index (χ3n) is 5.92. The molecule has 3 aromatic heterocycles. The number of amides is 2. The highest BCUT2D eigenvalue weighted by molar-refractivity contribution is 7.11. The molecular formula is C23H19N9O2S. The van der Waals surface area contributed by atoms with Crippen LogP contribution in [-0.4, -0.2) is 77.8 Å². The van der Waals surface area contributed by atoms with Crippen LogP contribution >= 0.6 is 11.3 Å². The van der Waals surface area contributed by atoms with Gasteiger partial charge in [-0.1, -0.05) is 12.1 Å². The normalized spacial score (nSPS) is 13.9. The Morgan fingerprint density at radius 1 is 0.914 bits per heavy atom. The van der Waals surface area contributed by atoms with Gasteiger partial charge in [0, 0.05) is 37.4 Å². The lowest BCUT2D eigenvalue weighted by atomic mass is 10.1. The predicted molar refractivity (Wildman–Crippen MR) is 130 cm³/mol. The maximum Gasteiger partial charge on any atom is 0.265 e. The fourth-order valence-corrected chi connectivity index (χ4v) is 4.68. The molecule has 6 rings (SSSR count). The van der Waals surface area contributed by atoms with Gasteiger partial charge in [0.25, 0.3) is 11.8 Å². The maximum absolute atomic E-state index is 13.0. The highest BCUT2D eigenvalue weighted by Crippen LogP contribution is 2.23. The Bertz CT molecular complexity index is 1520. The summed E-state index contributed by atoms with van der Waals surface area (Å²) < 4.78 is 1.64. The lowest BCUT2D eigenvalue weighted by Gasteiger charge is -2.34. The summed E-state index contributed by atoms with van der Waals surface area (Å²) in [6.07, 6.45) is 1.58. The molecule has 0 unspecified atom stereocenters. The second-order valence-electron chi connectivity index (χ2n) is 8.02. The quantitative estimate of drug-likeness (QED) is 0.412. The van der Waals surface area contributed by atoms with Gasteiger partial charge in [0.2, 0.25) is 5.65 Å². The minimum Gasteiger partial charge on any atom is -0.337 e. The molecule has 0 radical (unpaired) electrons. The summed E-state index contributed by atoms with van der Waals surface area (Å²) in [6.45, 7) is 1.97. The molecule has 2 aromatic carbocycles. The molecule has 1 fully saturated rings. The van der Waals surface area contributed by atoms with Crippen molar-refractivity contribution in [2.75, 3.05) is 31.5 Å². The Balaban J connectivity index is 1.14. The molecule has 4 heterocycles. The zero-order valence-corrected chi connectivity index (χ0v) is 19.2. The molecule has 35 heavy (non-hydrogen) atoms. The van der Waals surface area contributed by atoms with Crippen LogP contribution in [0.1, 0.15) is 20.0 Å². The Morgan fingerprint density at radius 3 is 2.40 bits per heavy atom. The average molecular weight is 486 g/mol. The van der Waals surface area contributed by atoms with E-state index in [1.807, 2.05) is 36.4 Å². The number of thiazole rings is 1. The van der Waals surface area contributed by atoms with Crippen LogP contribution in [0, 0.1) is 0 Å². The van der Waals surface area contributed by atoms with Gasteiger partial charge in [-0.25, -0.2) is 4.98 Å². The zero-order valence-electron chi connectivity index (χ0n) is 18.4. The lowest BCUT2D eigenvalue weighted by Crippen LogP contribution is -2.50. The molecule has 0 saturated carbocycles. The van der Waals surface area contributed by atoms with Crippen LogP contribution in [0.2, 0.25) is 0 Å². The molecule has 11 nitrogen and oxygen atoms in total. The number of piperazine rings is 1. The van der Waals surface area contributed by atoms with Crippen molar-refractivity contribution in [3.05, 3.63) is 70.7 Å². The van der Waals surface area contributed by atoms with E-state index in [0.717, 1.165) is 16.7 Å². The summed E-state index contributed by atoms with van der Waals surface area (Å²) in [4.78, 5) is 38.3. The molecule has 1 N–H and O–H groups in total. The molecule has 12 heteroatoms. The largest absolute Gasteiger partial charge is 0.337 e. The molecule has 1 aliphatic rings. The number of benzene rings is 2. The molecule has 1 saturated heterocycles. The van der Waals surface area contributed by atoms with Gasteiger partial charge in [0.05, 0.1) is 22.7 Å². The fraction of sp³-hybridized carbons (Fsp3) is 0.174. The number of anilines is 2. The number of tetrazole rings is 1. The standard InChI is InChI=1S/C23H19N9O2S/c33-22(30-9-11-31(12-10-30)23(34)19-13-24-14-35-19)15-5-7-16(8-6-15)25-20-21-27-28-29-32(21)18-4-2-1-3-17(18)26-20/h1-8,13-14H,9-12H2,(H,25,26). The predicted octanol–water partition coefficient (Wildman–Crippen LogP) is 2.47. The number of hydrogen-bond acceptors (Lipinski definition) is 9. The lowest BCUT2D eigenvalue weighted by molar-refractivity contribution is 0.0538. The summed E-state index contributed by atoms with van der Waals surface area (Å²) >= 11 is 1.33. The topological polar surface area (TPSA) is 122 Å². The third kappa shape index (κ3) is 3.93. The van der Waals surface area contributed by atoms with E-state index in [2.05, 4.69) is 30.8 Å². The van der Waals surface area contributed by atoms with Crippen LogP contribution in [0.5, 0.6) is 0 Å². The highest BCUT2D eigenvalue weighted by atomic mass is 32.1. The van der Waals surface area contributed by atoms with Crippen LogP contribution in [0.15, 0.2) is 60.2 Å². The number of fused-ring (bicyclic) bond motifs is 3. The molecule has 2 amide bonds. The van der Waals surface area contributed by atoms with Gasteiger partial charge in [0.15, 0.2) is 5.82 Å².